The minimum Gasteiger partial charge on any atom is -0.497 e. The topological polar surface area (TPSA) is 81.8 Å². The van der Waals surface area contributed by atoms with E-state index in [1.54, 1.807) is 14.2 Å². The lowest BCUT2D eigenvalue weighted by atomic mass is 10.0. The highest BCUT2D eigenvalue weighted by molar-refractivity contribution is 5.94. The Hall–Kier alpha value is -3.10. The summed E-state index contributed by atoms with van der Waals surface area (Å²) in [6.07, 6.45) is 0.855. The number of methoxy groups -OCH3 is 2. The summed E-state index contributed by atoms with van der Waals surface area (Å²) in [5.41, 5.74) is 3.68. The van der Waals surface area contributed by atoms with Crippen molar-refractivity contribution in [3.05, 3.63) is 70.4 Å². The van der Waals surface area contributed by atoms with Crippen molar-refractivity contribution >= 4 is 5.91 Å². The number of aromatic nitrogens is 2. The van der Waals surface area contributed by atoms with Crippen molar-refractivity contribution in [3.8, 4) is 5.75 Å². The Balaban J connectivity index is 1.45. The number of rotatable bonds is 9. The summed E-state index contributed by atoms with van der Waals surface area (Å²) in [6, 6.07) is 11.6. The fraction of sp³-hybridized carbons (Fsp3) is 0.417. The summed E-state index contributed by atoms with van der Waals surface area (Å²) in [5.74, 6) is 2.36. The molecule has 0 aliphatic carbocycles. The Morgan fingerprint density at radius 2 is 1.94 bits per heavy atom. The first kappa shape index (κ1) is 22.1. The van der Waals surface area contributed by atoms with Gasteiger partial charge in [0.25, 0.3) is 5.91 Å². The molecule has 0 saturated heterocycles. The van der Waals surface area contributed by atoms with Gasteiger partial charge >= 0.3 is 0 Å². The highest BCUT2D eigenvalue weighted by atomic mass is 16.5. The third kappa shape index (κ3) is 4.87. The van der Waals surface area contributed by atoms with E-state index in [2.05, 4.69) is 22.2 Å². The number of ether oxygens (including phenoxy) is 2. The lowest BCUT2D eigenvalue weighted by Crippen LogP contribution is -2.32. The minimum atomic E-state index is -0.147. The van der Waals surface area contributed by atoms with Gasteiger partial charge in [0.05, 0.1) is 13.7 Å². The molecule has 3 aromatic rings. The van der Waals surface area contributed by atoms with E-state index >= 15 is 0 Å². The van der Waals surface area contributed by atoms with Gasteiger partial charge in [-0.2, -0.15) is 5.10 Å². The van der Waals surface area contributed by atoms with Crippen molar-refractivity contribution in [1.29, 1.82) is 0 Å². The molecule has 32 heavy (non-hydrogen) atoms. The molecule has 0 bridgehead atoms. The second-order valence-electron chi connectivity index (χ2n) is 7.88. The molecule has 2 aromatic heterocycles. The number of aryl methyl sites for hydroxylation is 1. The Morgan fingerprint density at radius 3 is 2.66 bits per heavy atom. The fourth-order valence-corrected chi connectivity index (χ4v) is 4.08. The van der Waals surface area contributed by atoms with Gasteiger partial charge < -0.3 is 19.2 Å². The SMILES string of the molecule is CCn1nc(C(=O)NCc2ccc(OC)cc2)c2c1CCN(Cc1ccc(COC)o1)C2. The quantitative estimate of drug-likeness (QED) is 0.553. The van der Waals surface area contributed by atoms with Crippen molar-refractivity contribution in [3.63, 3.8) is 0 Å². The maximum Gasteiger partial charge on any atom is 0.272 e. The molecule has 0 atom stereocenters. The highest BCUT2D eigenvalue weighted by Crippen LogP contribution is 2.25. The lowest BCUT2D eigenvalue weighted by Gasteiger charge is -2.26. The zero-order valence-corrected chi connectivity index (χ0v) is 18.9. The van der Waals surface area contributed by atoms with Crippen LogP contribution in [0.25, 0.3) is 0 Å². The van der Waals surface area contributed by atoms with Gasteiger partial charge in [0, 0.05) is 51.0 Å². The van der Waals surface area contributed by atoms with E-state index in [-0.39, 0.29) is 5.91 Å². The van der Waals surface area contributed by atoms with Gasteiger partial charge in [-0.1, -0.05) is 12.1 Å². The van der Waals surface area contributed by atoms with Crippen LogP contribution in [0.5, 0.6) is 5.75 Å². The van der Waals surface area contributed by atoms with Gasteiger partial charge in [-0.15, -0.1) is 0 Å². The molecule has 1 amide bonds. The lowest BCUT2D eigenvalue weighted by molar-refractivity contribution is 0.0942. The number of hydrogen-bond acceptors (Lipinski definition) is 6. The summed E-state index contributed by atoms with van der Waals surface area (Å²) in [7, 11) is 3.29. The molecule has 170 valence electrons. The molecule has 4 rings (SSSR count). The molecule has 0 unspecified atom stereocenters. The van der Waals surface area contributed by atoms with Crippen molar-refractivity contribution < 1.29 is 18.7 Å². The summed E-state index contributed by atoms with van der Waals surface area (Å²) < 4.78 is 18.1. The maximum atomic E-state index is 13.0. The number of hydrogen-bond donors (Lipinski definition) is 1. The third-order valence-corrected chi connectivity index (χ3v) is 5.72. The van der Waals surface area contributed by atoms with E-state index in [1.165, 1.54) is 0 Å². The van der Waals surface area contributed by atoms with Crippen LogP contribution in [0, 0.1) is 0 Å². The molecular formula is C24H30N4O4. The van der Waals surface area contributed by atoms with E-state index in [0.29, 0.717) is 31.9 Å². The van der Waals surface area contributed by atoms with Crippen molar-refractivity contribution in [1.82, 2.24) is 20.0 Å². The molecule has 8 nitrogen and oxygen atoms in total. The third-order valence-electron chi connectivity index (χ3n) is 5.72. The minimum absolute atomic E-state index is 0.147. The molecule has 0 saturated carbocycles. The van der Waals surface area contributed by atoms with Gasteiger partial charge in [0.2, 0.25) is 0 Å². The number of amides is 1. The summed E-state index contributed by atoms with van der Waals surface area (Å²) >= 11 is 0. The second kappa shape index (κ2) is 10.0. The standard InChI is InChI=1S/C24H30N4O4/c1-4-28-22-11-12-27(14-19-9-10-20(32-19)16-30-2)15-21(22)23(26-28)24(29)25-13-17-5-7-18(31-3)8-6-17/h5-10H,4,11-16H2,1-3H3,(H,25,29). The predicted molar refractivity (Wildman–Crippen MR) is 119 cm³/mol. The Bertz CT molecular complexity index is 1050. The first-order valence-corrected chi connectivity index (χ1v) is 10.9. The summed E-state index contributed by atoms with van der Waals surface area (Å²) in [4.78, 5) is 15.3. The Morgan fingerprint density at radius 1 is 1.16 bits per heavy atom. The average molecular weight is 439 g/mol. The van der Waals surface area contributed by atoms with E-state index in [9.17, 15) is 4.79 Å². The van der Waals surface area contributed by atoms with Crippen molar-refractivity contribution in [2.45, 2.75) is 46.1 Å². The molecule has 0 radical (unpaired) electrons. The highest BCUT2D eigenvalue weighted by Gasteiger charge is 2.28. The summed E-state index contributed by atoms with van der Waals surface area (Å²) in [5, 5.41) is 7.65. The van der Waals surface area contributed by atoms with Gasteiger partial charge in [-0.3, -0.25) is 14.4 Å². The fourth-order valence-electron chi connectivity index (χ4n) is 4.08. The van der Waals surface area contributed by atoms with Gasteiger partial charge in [0.1, 0.15) is 23.9 Å². The monoisotopic (exact) mass is 438 g/mol. The molecule has 3 heterocycles. The van der Waals surface area contributed by atoms with Crippen molar-refractivity contribution in [2.75, 3.05) is 20.8 Å². The molecule has 1 N–H and O–H groups in total. The maximum absolute atomic E-state index is 13.0. The number of carbonyl (C=O) groups excluding carboxylic acids is 1. The van der Waals surface area contributed by atoms with Gasteiger partial charge in [-0.25, -0.2) is 0 Å². The smallest absolute Gasteiger partial charge is 0.272 e. The summed E-state index contributed by atoms with van der Waals surface area (Å²) in [6.45, 7) is 5.95. The van der Waals surface area contributed by atoms with Crippen LogP contribution < -0.4 is 10.1 Å². The number of furan rings is 1. The zero-order valence-electron chi connectivity index (χ0n) is 18.9. The second-order valence-corrected chi connectivity index (χ2v) is 7.88. The van der Waals surface area contributed by atoms with Crippen LogP contribution in [0.4, 0.5) is 0 Å². The number of nitrogens with one attached hydrogen (secondary N) is 1. The normalized spacial score (nSPS) is 13.7. The van der Waals surface area contributed by atoms with Crippen LogP contribution in [-0.4, -0.2) is 41.4 Å². The number of nitrogens with zero attached hydrogens (tertiary/aromatic N) is 3. The molecule has 1 aromatic carbocycles. The van der Waals surface area contributed by atoms with Crippen LogP contribution in [0.3, 0.4) is 0 Å². The van der Waals surface area contributed by atoms with Gasteiger partial charge in [-0.05, 0) is 36.8 Å². The van der Waals surface area contributed by atoms with Crippen LogP contribution in [0.15, 0.2) is 40.8 Å². The Labute approximate surface area is 188 Å². The molecule has 0 fully saturated rings. The van der Waals surface area contributed by atoms with Crippen LogP contribution in [0.1, 0.15) is 45.8 Å². The Kier molecular flexibility index (Phi) is 6.92. The van der Waals surface area contributed by atoms with Crippen LogP contribution in [0.2, 0.25) is 0 Å². The molecule has 1 aliphatic rings. The van der Waals surface area contributed by atoms with Crippen LogP contribution >= 0.6 is 0 Å². The number of benzene rings is 1. The first-order valence-electron chi connectivity index (χ1n) is 10.9. The first-order chi connectivity index (χ1) is 15.6. The predicted octanol–water partition coefficient (Wildman–Crippen LogP) is 3.14. The molecule has 0 spiro atoms. The number of fused-ring (bicyclic) bond motifs is 1. The van der Waals surface area contributed by atoms with E-state index in [4.69, 9.17) is 13.9 Å². The zero-order chi connectivity index (χ0) is 22.5. The van der Waals surface area contributed by atoms with Gasteiger partial charge in [0.15, 0.2) is 5.69 Å². The molecule has 8 heteroatoms. The number of carbonyl (C=O) groups is 1. The van der Waals surface area contributed by atoms with Crippen molar-refractivity contribution in [2.24, 2.45) is 0 Å². The molecular weight excluding hydrogens is 408 g/mol. The molecule has 1 aliphatic heterocycles. The van der Waals surface area contributed by atoms with E-state index in [1.807, 2.05) is 41.1 Å². The van der Waals surface area contributed by atoms with E-state index in [0.717, 1.165) is 53.6 Å². The average Bonchev–Trinajstić information content (AvgIpc) is 3.42. The van der Waals surface area contributed by atoms with E-state index < -0.39 is 0 Å². The largest absolute Gasteiger partial charge is 0.497 e. The van der Waals surface area contributed by atoms with Crippen LogP contribution in [-0.2, 0) is 43.9 Å².